The summed E-state index contributed by atoms with van der Waals surface area (Å²) in [4.78, 5) is 11.0. The minimum absolute atomic E-state index is 0.169. The Bertz CT molecular complexity index is 776. The molecule has 0 bridgehead atoms. The van der Waals surface area contributed by atoms with Crippen molar-refractivity contribution in [3.63, 3.8) is 0 Å². The quantitative estimate of drug-likeness (QED) is 0.414. The average molecular weight is 441 g/mol. The van der Waals surface area contributed by atoms with E-state index in [1.54, 1.807) is 12.1 Å². The first-order valence-corrected chi connectivity index (χ1v) is 11.6. The molecule has 3 nitrogen and oxygen atoms in total. The van der Waals surface area contributed by atoms with Gasteiger partial charge in [-0.1, -0.05) is 80.8 Å². The second kappa shape index (κ2) is 14.6. The van der Waals surface area contributed by atoms with Crippen molar-refractivity contribution < 1.29 is 9.18 Å². The fourth-order valence-electron chi connectivity index (χ4n) is 3.49. The molecule has 32 heavy (non-hydrogen) atoms. The highest BCUT2D eigenvalue weighted by molar-refractivity contribution is 5.79. The fraction of sp³-hybridized carbons (Fsp3) is 0.464. The third-order valence-corrected chi connectivity index (χ3v) is 5.25. The summed E-state index contributed by atoms with van der Waals surface area (Å²) in [6.45, 7) is 13.2. The van der Waals surface area contributed by atoms with Gasteiger partial charge in [-0.2, -0.15) is 0 Å². The van der Waals surface area contributed by atoms with Crippen LogP contribution in [0.5, 0.6) is 0 Å². The first-order chi connectivity index (χ1) is 15.1. The van der Waals surface area contributed by atoms with E-state index in [-0.39, 0.29) is 17.8 Å². The Morgan fingerprint density at radius 2 is 1.56 bits per heavy atom. The number of carbonyl (C=O) groups is 1. The van der Waals surface area contributed by atoms with Crippen LogP contribution in [0.1, 0.15) is 76.5 Å². The van der Waals surface area contributed by atoms with Gasteiger partial charge >= 0.3 is 0 Å². The number of rotatable bonds is 10. The normalized spacial score (nSPS) is 12.5. The van der Waals surface area contributed by atoms with Crippen LogP contribution < -0.4 is 11.1 Å². The lowest BCUT2D eigenvalue weighted by Crippen LogP contribution is -2.42. The monoisotopic (exact) mass is 440 g/mol. The number of halogens is 1. The van der Waals surface area contributed by atoms with Crippen molar-refractivity contribution in [2.24, 2.45) is 11.7 Å². The van der Waals surface area contributed by atoms with E-state index in [4.69, 9.17) is 5.73 Å². The van der Waals surface area contributed by atoms with Crippen LogP contribution in [0.25, 0.3) is 0 Å². The van der Waals surface area contributed by atoms with Crippen LogP contribution in [0, 0.1) is 18.7 Å². The van der Waals surface area contributed by atoms with Crippen molar-refractivity contribution in [2.45, 2.75) is 72.8 Å². The molecule has 1 amide bonds. The van der Waals surface area contributed by atoms with Crippen LogP contribution in [0.3, 0.4) is 0 Å². The second-order valence-electron chi connectivity index (χ2n) is 9.08. The zero-order chi connectivity index (χ0) is 24.1. The van der Waals surface area contributed by atoms with Gasteiger partial charge in [0.15, 0.2) is 0 Å². The Balaban J connectivity index is 0.000000333. The second-order valence-corrected chi connectivity index (χ2v) is 9.08. The Hall–Kier alpha value is -2.46. The van der Waals surface area contributed by atoms with E-state index in [0.29, 0.717) is 18.4 Å². The fourth-order valence-corrected chi connectivity index (χ4v) is 3.49. The molecule has 0 aliphatic carbocycles. The van der Waals surface area contributed by atoms with E-state index in [1.807, 2.05) is 26.0 Å². The van der Waals surface area contributed by atoms with Gasteiger partial charge in [-0.15, -0.1) is 0 Å². The highest BCUT2D eigenvalue weighted by Crippen LogP contribution is 2.29. The number of nitrogens with one attached hydrogen (secondary N) is 1. The summed E-state index contributed by atoms with van der Waals surface area (Å²) < 4.78 is 13.0. The number of amides is 1. The molecule has 0 aliphatic heterocycles. The number of primary amides is 1. The van der Waals surface area contributed by atoms with E-state index < -0.39 is 0 Å². The first-order valence-electron chi connectivity index (χ1n) is 11.6. The predicted molar refractivity (Wildman–Crippen MR) is 134 cm³/mol. The molecule has 3 N–H and O–H groups in total. The van der Waals surface area contributed by atoms with Crippen molar-refractivity contribution in [2.75, 3.05) is 6.54 Å². The molecule has 4 heteroatoms. The van der Waals surface area contributed by atoms with Crippen LogP contribution in [0.2, 0.25) is 0 Å². The van der Waals surface area contributed by atoms with E-state index >= 15 is 0 Å². The predicted octanol–water partition coefficient (Wildman–Crippen LogP) is 6.51. The van der Waals surface area contributed by atoms with Crippen LogP contribution in [0.15, 0.2) is 60.2 Å². The number of allylic oxidation sites excluding steroid dienone is 1. The summed E-state index contributed by atoms with van der Waals surface area (Å²) in [6.07, 6.45) is 5.06. The highest BCUT2D eigenvalue weighted by atomic mass is 19.1. The van der Waals surface area contributed by atoms with E-state index in [1.165, 1.54) is 22.3 Å². The molecule has 176 valence electrons. The molecule has 0 spiro atoms. The molecule has 0 fully saturated rings. The van der Waals surface area contributed by atoms with Crippen LogP contribution >= 0.6 is 0 Å². The summed E-state index contributed by atoms with van der Waals surface area (Å²) in [7, 11) is 0. The van der Waals surface area contributed by atoms with Gasteiger partial charge in [-0.05, 0) is 62.8 Å². The molecule has 2 atom stereocenters. The molecule has 1 unspecified atom stereocenters. The molecule has 0 saturated carbocycles. The lowest BCUT2D eigenvalue weighted by molar-refractivity contribution is -0.120. The summed E-state index contributed by atoms with van der Waals surface area (Å²) in [5.41, 5.74) is 10.3. The standard InChI is InChI=1S/C17H19F.C11H22N2O/c1-3-4-17(14-7-5-13(2)6-8-14)15-9-11-16(18)12-10-15;1-8(2)5-6-13-10(11(12)14)7-9(3)4/h5-12,17H,3-4H2,1-2H3;5,9-10,13H,6-7H2,1-4H3,(H2,12,14)/t;10-/m.0/s1. The molecule has 0 aliphatic rings. The molecular weight excluding hydrogens is 399 g/mol. The largest absolute Gasteiger partial charge is 0.368 e. The number of nitrogens with two attached hydrogens (primary N) is 1. The zero-order valence-electron chi connectivity index (χ0n) is 20.6. The first kappa shape index (κ1) is 27.6. The third-order valence-electron chi connectivity index (χ3n) is 5.25. The van der Waals surface area contributed by atoms with Crippen LogP contribution in [-0.2, 0) is 4.79 Å². The molecule has 0 aromatic heterocycles. The summed E-state index contributed by atoms with van der Waals surface area (Å²) in [5.74, 6) is 0.418. The Labute approximate surface area is 194 Å². The third kappa shape index (κ3) is 10.7. The van der Waals surface area contributed by atoms with Crippen LogP contribution in [-0.4, -0.2) is 18.5 Å². The minimum Gasteiger partial charge on any atom is -0.368 e. The Kier molecular flexibility index (Phi) is 12.6. The number of hydrogen-bond donors (Lipinski definition) is 2. The highest BCUT2D eigenvalue weighted by Gasteiger charge is 2.15. The number of benzene rings is 2. The molecule has 0 heterocycles. The lowest BCUT2D eigenvalue weighted by Gasteiger charge is -2.17. The topological polar surface area (TPSA) is 55.1 Å². The van der Waals surface area contributed by atoms with E-state index in [2.05, 4.69) is 63.4 Å². The SMILES string of the molecule is CC(C)=CCN[C@@H](CC(C)C)C(N)=O.CCCC(c1ccc(C)cc1)c1ccc(F)cc1. The molecule has 2 aromatic carbocycles. The smallest absolute Gasteiger partial charge is 0.234 e. The van der Waals surface area contributed by atoms with Crippen molar-refractivity contribution in [3.05, 3.63) is 82.7 Å². The van der Waals surface area contributed by atoms with Crippen molar-refractivity contribution in [1.82, 2.24) is 5.32 Å². The van der Waals surface area contributed by atoms with Gasteiger partial charge in [0.1, 0.15) is 5.82 Å². The van der Waals surface area contributed by atoms with Gasteiger partial charge < -0.3 is 11.1 Å². The van der Waals surface area contributed by atoms with Gasteiger partial charge in [0.05, 0.1) is 6.04 Å². The Morgan fingerprint density at radius 1 is 1.03 bits per heavy atom. The van der Waals surface area contributed by atoms with E-state index in [0.717, 1.165) is 19.3 Å². The van der Waals surface area contributed by atoms with Gasteiger partial charge in [0.25, 0.3) is 0 Å². The number of hydrogen-bond acceptors (Lipinski definition) is 2. The number of carbonyl (C=O) groups excluding carboxylic acids is 1. The Morgan fingerprint density at radius 3 is 2.00 bits per heavy atom. The molecule has 2 aromatic rings. The molecule has 0 saturated heterocycles. The van der Waals surface area contributed by atoms with Crippen molar-refractivity contribution in [1.29, 1.82) is 0 Å². The average Bonchev–Trinajstić information content (AvgIpc) is 2.73. The molecular formula is C28H41FN2O. The summed E-state index contributed by atoms with van der Waals surface area (Å²) in [6, 6.07) is 15.3. The molecule has 2 rings (SSSR count). The van der Waals surface area contributed by atoms with Crippen molar-refractivity contribution in [3.8, 4) is 0 Å². The van der Waals surface area contributed by atoms with E-state index in [9.17, 15) is 9.18 Å². The number of aryl methyl sites for hydroxylation is 1. The maximum Gasteiger partial charge on any atom is 0.234 e. The lowest BCUT2D eigenvalue weighted by atomic mass is 9.87. The van der Waals surface area contributed by atoms with Gasteiger partial charge in [0.2, 0.25) is 5.91 Å². The maximum absolute atomic E-state index is 13.0. The van der Waals surface area contributed by atoms with Crippen LogP contribution in [0.4, 0.5) is 4.39 Å². The van der Waals surface area contributed by atoms with Gasteiger partial charge in [0, 0.05) is 12.5 Å². The van der Waals surface area contributed by atoms with Gasteiger partial charge in [-0.25, -0.2) is 4.39 Å². The summed E-state index contributed by atoms with van der Waals surface area (Å²) >= 11 is 0. The summed E-state index contributed by atoms with van der Waals surface area (Å²) in [5, 5.41) is 3.13. The van der Waals surface area contributed by atoms with Crippen molar-refractivity contribution >= 4 is 5.91 Å². The van der Waals surface area contributed by atoms with Gasteiger partial charge in [-0.3, -0.25) is 4.79 Å². The maximum atomic E-state index is 13.0. The zero-order valence-corrected chi connectivity index (χ0v) is 20.6. The molecule has 0 radical (unpaired) electrons. The minimum atomic E-state index is -0.263.